The summed E-state index contributed by atoms with van der Waals surface area (Å²) >= 11 is 6.04. The van der Waals surface area contributed by atoms with Crippen molar-refractivity contribution in [1.29, 1.82) is 0 Å². The Labute approximate surface area is 194 Å². The lowest BCUT2D eigenvalue weighted by atomic mass is 9.67. The average Bonchev–Trinajstić information content (AvgIpc) is 2.77. The molecule has 3 aromatic rings. The fourth-order valence-electron chi connectivity index (χ4n) is 5.02. The molecule has 0 aromatic heterocycles. The zero-order valence-corrected chi connectivity index (χ0v) is 18.9. The van der Waals surface area contributed by atoms with Crippen molar-refractivity contribution >= 4 is 39.5 Å². The van der Waals surface area contributed by atoms with E-state index >= 15 is 0 Å². The predicted octanol–water partition coefficient (Wildman–Crippen LogP) is 8.54. The van der Waals surface area contributed by atoms with Gasteiger partial charge < -0.3 is 0 Å². The molecule has 33 heavy (non-hydrogen) atoms. The van der Waals surface area contributed by atoms with Crippen LogP contribution in [0.5, 0.6) is 0 Å². The summed E-state index contributed by atoms with van der Waals surface area (Å²) in [7, 11) is 0. The van der Waals surface area contributed by atoms with E-state index in [1.165, 1.54) is 6.07 Å². The van der Waals surface area contributed by atoms with Gasteiger partial charge in [0, 0.05) is 22.6 Å². The Kier molecular flexibility index (Phi) is 4.93. The molecule has 0 atom stereocenters. The highest BCUT2D eigenvalue weighted by Gasteiger charge is 2.36. The third kappa shape index (κ3) is 3.55. The van der Waals surface area contributed by atoms with Gasteiger partial charge in [-0.3, -0.25) is 0 Å². The van der Waals surface area contributed by atoms with E-state index < -0.39 is 11.7 Å². The molecule has 0 bridgehead atoms. The average molecular weight is 465 g/mol. The zero-order valence-electron chi connectivity index (χ0n) is 18.1. The minimum Gasteiger partial charge on any atom is -0.233 e. The maximum absolute atomic E-state index is 13.8. The van der Waals surface area contributed by atoms with Crippen molar-refractivity contribution in [3.8, 4) is 11.1 Å². The maximum atomic E-state index is 13.8. The lowest BCUT2D eigenvalue weighted by Gasteiger charge is -2.36. The van der Waals surface area contributed by atoms with E-state index in [9.17, 15) is 18.0 Å². The monoisotopic (exact) mass is 464 g/mol. The van der Waals surface area contributed by atoms with E-state index in [-0.39, 0.29) is 5.41 Å². The van der Waals surface area contributed by atoms with Gasteiger partial charge in [-0.1, -0.05) is 67.4 Å². The number of allylic oxidation sites excluding steroid dienone is 5. The van der Waals surface area contributed by atoms with Crippen LogP contribution in [0.25, 0.3) is 33.0 Å². The zero-order chi connectivity index (χ0) is 23.5. The van der Waals surface area contributed by atoms with Gasteiger partial charge in [0.15, 0.2) is 0 Å². The molecule has 0 aliphatic heterocycles. The van der Waals surface area contributed by atoms with Gasteiger partial charge in [0.25, 0.3) is 0 Å². The smallest absolute Gasteiger partial charge is 0.233 e. The lowest BCUT2D eigenvalue weighted by molar-refractivity contribution is -0.137. The lowest BCUT2D eigenvalue weighted by Crippen LogP contribution is -2.21. The molecule has 0 radical (unpaired) electrons. The van der Waals surface area contributed by atoms with Gasteiger partial charge in [0.1, 0.15) is 5.94 Å². The fourth-order valence-corrected chi connectivity index (χ4v) is 5.15. The summed E-state index contributed by atoms with van der Waals surface area (Å²) in [6, 6.07) is 12.6. The molecule has 0 heterocycles. The van der Waals surface area contributed by atoms with Gasteiger partial charge in [0.05, 0.1) is 5.56 Å². The Morgan fingerprint density at radius 1 is 1.00 bits per heavy atom. The largest absolute Gasteiger partial charge is 0.416 e. The molecule has 1 nitrogen and oxygen atoms in total. The normalized spacial score (nSPS) is 17.1. The Balaban J connectivity index is 1.92. The highest BCUT2D eigenvalue weighted by atomic mass is 35.5. The summed E-state index contributed by atoms with van der Waals surface area (Å²) < 4.78 is 41.3. The first-order valence-electron chi connectivity index (χ1n) is 10.7. The Hall–Kier alpha value is -3.07. The van der Waals surface area contributed by atoms with Crippen LogP contribution in [0.4, 0.5) is 13.2 Å². The van der Waals surface area contributed by atoms with Crippen LogP contribution in [0.1, 0.15) is 43.4 Å². The Morgan fingerprint density at radius 2 is 1.73 bits per heavy atom. The number of halogens is 4. The fraction of sp³-hybridized carbons (Fsp3) is 0.214. The van der Waals surface area contributed by atoms with Gasteiger partial charge in [-0.15, -0.1) is 0 Å². The number of hydrogen-bond acceptors (Lipinski definition) is 1. The van der Waals surface area contributed by atoms with Crippen molar-refractivity contribution in [3.63, 3.8) is 0 Å². The van der Waals surface area contributed by atoms with Crippen molar-refractivity contribution in [2.24, 2.45) is 5.41 Å². The van der Waals surface area contributed by atoms with Crippen molar-refractivity contribution in [1.82, 2.24) is 0 Å². The van der Waals surface area contributed by atoms with Crippen LogP contribution in [-0.2, 0) is 11.0 Å². The number of alkyl halides is 3. The summed E-state index contributed by atoms with van der Waals surface area (Å²) in [6.45, 7) is 4.30. The number of benzene rings is 3. The molecule has 3 aromatic carbocycles. The van der Waals surface area contributed by atoms with E-state index in [0.717, 1.165) is 29.2 Å². The van der Waals surface area contributed by atoms with Gasteiger partial charge in [0.2, 0.25) is 0 Å². The summed E-state index contributed by atoms with van der Waals surface area (Å²) in [5, 5.41) is 1.56. The first kappa shape index (κ1) is 21.8. The SMILES string of the molecule is CC1(C)CC=CC2=C1CC(=C=O)c1c2ccc2cc(C(F)(F)F)cc(-c3ccc(Cl)cc3)c12. The molecule has 2 aliphatic rings. The van der Waals surface area contributed by atoms with Crippen LogP contribution in [0, 0.1) is 5.41 Å². The summed E-state index contributed by atoms with van der Waals surface area (Å²) in [6.07, 6.45) is 0.990. The molecular weight excluding hydrogens is 445 g/mol. The van der Waals surface area contributed by atoms with Gasteiger partial charge in [-0.25, -0.2) is 4.79 Å². The molecule has 0 N–H and O–H groups in total. The number of hydrogen-bond donors (Lipinski definition) is 0. The minimum absolute atomic E-state index is 0.113. The second kappa shape index (κ2) is 7.48. The molecule has 0 saturated carbocycles. The van der Waals surface area contributed by atoms with Crippen molar-refractivity contribution in [3.05, 3.63) is 88.0 Å². The standard InChI is InChI=1S/C28H20ClF3O/c1-27(2)11-3-4-21-22-10-7-17-12-19(28(30,31)32)14-23(16-5-8-20(29)9-6-16)25(17)26(22)18(15-33)13-24(21)27/h3-10,12,14H,11,13H2,1-2H3. The van der Waals surface area contributed by atoms with Crippen LogP contribution in [-0.4, -0.2) is 5.94 Å². The summed E-state index contributed by atoms with van der Waals surface area (Å²) in [5.41, 5.74) is 4.40. The first-order chi connectivity index (χ1) is 15.6. The predicted molar refractivity (Wildman–Crippen MR) is 128 cm³/mol. The number of carbonyl (C=O) groups excluding carboxylic acids is 1. The third-order valence-electron chi connectivity index (χ3n) is 6.72. The Morgan fingerprint density at radius 3 is 2.39 bits per heavy atom. The molecule has 0 unspecified atom stereocenters. The summed E-state index contributed by atoms with van der Waals surface area (Å²) in [5.74, 6) is 2.12. The highest BCUT2D eigenvalue weighted by Crippen LogP contribution is 2.52. The van der Waals surface area contributed by atoms with E-state index in [1.807, 2.05) is 6.07 Å². The van der Waals surface area contributed by atoms with Crippen LogP contribution in [0.15, 0.2) is 66.3 Å². The van der Waals surface area contributed by atoms with Crippen LogP contribution in [0.3, 0.4) is 0 Å². The van der Waals surface area contributed by atoms with E-state index in [0.29, 0.717) is 44.5 Å². The topological polar surface area (TPSA) is 17.1 Å². The highest BCUT2D eigenvalue weighted by molar-refractivity contribution is 6.30. The molecule has 0 amide bonds. The van der Waals surface area contributed by atoms with Gasteiger partial charge in [-0.2, -0.15) is 13.2 Å². The quantitative estimate of drug-likeness (QED) is 0.330. The second-order valence-corrected chi connectivity index (χ2v) is 9.69. The molecule has 166 valence electrons. The third-order valence-corrected chi connectivity index (χ3v) is 6.98. The van der Waals surface area contributed by atoms with Gasteiger partial charge >= 0.3 is 6.18 Å². The van der Waals surface area contributed by atoms with E-state index in [1.54, 1.807) is 30.3 Å². The minimum atomic E-state index is -4.50. The molecule has 0 spiro atoms. The molecule has 0 saturated heterocycles. The van der Waals surface area contributed by atoms with Gasteiger partial charge in [-0.05, 0) is 69.1 Å². The van der Waals surface area contributed by atoms with Crippen molar-refractivity contribution in [2.75, 3.05) is 0 Å². The molecule has 5 heteroatoms. The Bertz CT molecular complexity index is 1420. The molecular formula is C28H20ClF3O. The first-order valence-corrected chi connectivity index (χ1v) is 11.1. The maximum Gasteiger partial charge on any atom is 0.416 e. The van der Waals surface area contributed by atoms with E-state index in [4.69, 9.17) is 11.6 Å². The molecule has 0 fully saturated rings. The second-order valence-electron chi connectivity index (χ2n) is 9.25. The van der Waals surface area contributed by atoms with E-state index in [2.05, 4.69) is 31.9 Å². The molecule has 5 rings (SSSR count). The number of fused-ring (bicyclic) bond motifs is 4. The van der Waals surface area contributed by atoms with Crippen molar-refractivity contribution in [2.45, 2.75) is 32.9 Å². The van der Waals surface area contributed by atoms with Crippen LogP contribution < -0.4 is 0 Å². The number of rotatable bonds is 1. The van der Waals surface area contributed by atoms with Crippen molar-refractivity contribution < 1.29 is 18.0 Å². The van der Waals surface area contributed by atoms with Crippen LogP contribution >= 0.6 is 11.6 Å². The summed E-state index contributed by atoms with van der Waals surface area (Å²) in [4.78, 5) is 12.2. The van der Waals surface area contributed by atoms with Crippen LogP contribution in [0.2, 0.25) is 5.02 Å². The molecule has 2 aliphatic carbocycles.